The minimum atomic E-state index is -1.79. The molecule has 0 aliphatic carbocycles. The first-order chi connectivity index (χ1) is 11.9. The molecule has 0 aromatic carbocycles. The van der Waals surface area contributed by atoms with E-state index < -0.39 is 34.2 Å². The lowest BCUT2D eigenvalue weighted by Crippen LogP contribution is -2.70. The van der Waals surface area contributed by atoms with E-state index in [9.17, 15) is 14.0 Å². The van der Waals surface area contributed by atoms with Crippen molar-refractivity contribution in [1.29, 1.82) is 0 Å². The lowest BCUT2D eigenvalue weighted by atomic mass is 9.75. The Hall–Kier alpha value is -1.41. The zero-order valence-corrected chi connectivity index (χ0v) is 17.7. The lowest BCUT2D eigenvalue weighted by molar-refractivity contribution is -0.167. The van der Waals surface area contributed by atoms with E-state index in [1.807, 2.05) is 27.7 Å². The summed E-state index contributed by atoms with van der Waals surface area (Å²) in [7, 11) is 0. The molecule has 2 fully saturated rings. The summed E-state index contributed by atoms with van der Waals surface area (Å²) in [6.07, 6.45) is 0.140. The lowest BCUT2D eigenvalue weighted by Gasteiger charge is -2.58. The maximum Gasteiger partial charge on any atom is 0.411 e. The van der Waals surface area contributed by atoms with Crippen LogP contribution in [0.3, 0.4) is 0 Å². The monoisotopic (exact) mass is 386 g/mol. The van der Waals surface area contributed by atoms with E-state index in [2.05, 4.69) is 0 Å². The summed E-state index contributed by atoms with van der Waals surface area (Å²) in [5.41, 5.74) is 8.99. The fraction of sp³-hybridized carbons (Fsp3) is 0.895. The number of piperidine rings is 2. The molecule has 2 saturated heterocycles. The van der Waals surface area contributed by atoms with Gasteiger partial charge in [0, 0.05) is 55.8 Å². The van der Waals surface area contributed by atoms with Gasteiger partial charge >= 0.3 is 6.09 Å². The van der Waals surface area contributed by atoms with Crippen LogP contribution in [0.15, 0.2) is 0 Å². The summed E-state index contributed by atoms with van der Waals surface area (Å²) in [6.45, 7) is 12.9. The molecule has 1 unspecified atom stereocenters. The van der Waals surface area contributed by atoms with E-state index in [4.69, 9.17) is 16.2 Å². The van der Waals surface area contributed by atoms with Crippen molar-refractivity contribution in [2.45, 2.75) is 102 Å². The van der Waals surface area contributed by atoms with Crippen molar-refractivity contribution in [3.8, 4) is 0 Å². The summed E-state index contributed by atoms with van der Waals surface area (Å²) in [5, 5.41) is 0. The molecule has 2 rings (SSSR count). The minimum absolute atomic E-state index is 0.0295. The maximum absolute atomic E-state index is 14.2. The third kappa shape index (κ3) is 4.37. The normalized spacial score (nSPS) is 31.3. The number of ether oxygens (including phenoxy) is 1. The van der Waals surface area contributed by atoms with Gasteiger partial charge in [0.05, 0.1) is 0 Å². The highest BCUT2D eigenvalue weighted by atomic mass is 19.1. The Morgan fingerprint density at radius 3 is 1.81 bits per heavy atom. The maximum atomic E-state index is 14.2. The second-order valence-corrected chi connectivity index (χ2v) is 10.2. The Bertz CT molecular complexity index is 612. The van der Waals surface area contributed by atoms with Crippen LogP contribution in [0.25, 0.3) is 0 Å². The Morgan fingerprint density at radius 1 is 0.926 bits per heavy atom. The molecule has 0 aromatic rings. The van der Waals surface area contributed by atoms with Crippen LogP contribution in [0.1, 0.15) is 74.1 Å². The summed E-state index contributed by atoms with van der Waals surface area (Å²) >= 11 is 0. The minimum Gasteiger partial charge on any atom is -0.428 e. The third-order valence-corrected chi connectivity index (χ3v) is 5.71. The fourth-order valence-corrected chi connectivity index (χ4v) is 5.50. The number of nitrogens with two attached hydrogens (primary N) is 2. The van der Waals surface area contributed by atoms with Crippen molar-refractivity contribution in [3.63, 3.8) is 0 Å². The van der Waals surface area contributed by atoms with Crippen molar-refractivity contribution < 1.29 is 18.7 Å². The fourth-order valence-electron chi connectivity index (χ4n) is 5.50. The van der Waals surface area contributed by atoms with E-state index >= 15 is 0 Å². The van der Waals surface area contributed by atoms with Gasteiger partial charge in [-0.3, -0.25) is 16.3 Å². The first kappa shape index (κ1) is 21.9. The second kappa shape index (κ2) is 6.30. The van der Waals surface area contributed by atoms with Crippen molar-refractivity contribution in [3.05, 3.63) is 0 Å². The molecule has 0 bridgehead atoms. The predicted octanol–water partition coefficient (Wildman–Crippen LogP) is 2.48. The topological polar surface area (TPSA) is 102 Å². The molecule has 2 heterocycles. The van der Waals surface area contributed by atoms with Crippen molar-refractivity contribution in [2.75, 3.05) is 6.54 Å². The van der Waals surface area contributed by atoms with Crippen LogP contribution in [0, 0.1) is 0 Å². The zero-order chi connectivity index (χ0) is 21.1. The number of nitrogens with zero attached hydrogens (tertiary/aromatic N) is 2. The molecule has 0 saturated carbocycles. The van der Waals surface area contributed by atoms with Gasteiger partial charge in [0.2, 0.25) is 5.91 Å². The standard InChI is InChI=1S/C19H35FN4O3/c1-13(25)24-16(4,5)11-19(22,12-17(24,6)7)27-14(26)23-9-8-18(20,21)10-15(23,2)3/h8-12,21-22H2,1-7H3. The van der Waals surface area contributed by atoms with Crippen molar-refractivity contribution >= 4 is 12.0 Å². The van der Waals surface area contributed by atoms with Gasteiger partial charge in [-0.25, -0.2) is 9.18 Å². The number of carbonyl (C=O) groups excluding carboxylic acids is 2. The summed E-state index contributed by atoms with van der Waals surface area (Å²) in [4.78, 5) is 28.4. The van der Waals surface area contributed by atoms with E-state index in [0.717, 1.165) is 0 Å². The third-order valence-electron chi connectivity index (χ3n) is 5.71. The highest BCUT2D eigenvalue weighted by Gasteiger charge is 2.55. The SMILES string of the molecule is CC(=O)N1C(C)(C)CC(N)(OC(=O)N2CCC(N)(F)CC2(C)C)CC1(C)C. The Kier molecular flexibility index (Phi) is 5.11. The molecule has 2 aliphatic heterocycles. The van der Waals surface area contributed by atoms with Crippen molar-refractivity contribution in [2.24, 2.45) is 11.5 Å². The molecular weight excluding hydrogens is 351 g/mol. The van der Waals surface area contributed by atoms with Gasteiger partial charge < -0.3 is 14.5 Å². The first-order valence-electron chi connectivity index (χ1n) is 9.49. The summed E-state index contributed by atoms with van der Waals surface area (Å²) < 4.78 is 20.0. The van der Waals surface area contributed by atoms with Crippen LogP contribution >= 0.6 is 0 Å². The largest absolute Gasteiger partial charge is 0.428 e. The van der Waals surface area contributed by atoms with E-state index in [0.29, 0.717) is 12.8 Å². The molecule has 0 radical (unpaired) electrons. The highest BCUT2D eigenvalue weighted by molar-refractivity contribution is 5.75. The molecular formula is C19H35FN4O3. The van der Waals surface area contributed by atoms with E-state index in [1.165, 1.54) is 11.8 Å². The van der Waals surface area contributed by atoms with Gasteiger partial charge in [0.15, 0.2) is 11.5 Å². The number of hydrogen-bond donors (Lipinski definition) is 2. The number of halogens is 1. The summed E-state index contributed by atoms with van der Waals surface area (Å²) in [5.74, 6) is -1.84. The molecule has 0 spiro atoms. The Balaban J connectivity index is 2.21. The quantitative estimate of drug-likeness (QED) is 0.532. The molecule has 1 atom stereocenters. The van der Waals surface area contributed by atoms with E-state index in [-0.39, 0.29) is 25.3 Å². The second-order valence-electron chi connectivity index (χ2n) is 10.2. The molecule has 2 amide bonds. The van der Waals surface area contributed by atoms with E-state index in [1.54, 1.807) is 18.7 Å². The molecule has 27 heavy (non-hydrogen) atoms. The smallest absolute Gasteiger partial charge is 0.411 e. The molecule has 2 aliphatic rings. The zero-order valence-electron chi connectivity index (χ0n) is 17.7. The number of rotatable bonds is 1. The van der Waals surface area contributed by atoms with Crippen LogP contribution in [-0.2, 0) is 9.53 Å². The Labute approximate surface area is 161 Å². The van der Waals surface area contributed by atoms with Crippen LogP contribution < -0.4 is 11.5 Å². The van der Waals surface area contributed by atoms with Crippen LogP contribution in [-0.4, -0.2) is 56.5 Å². The molecule has 4 N–H and O–H groups in total. The summed E-state index contributed by atoms with van der Waals surface area (Å²) in [6, 6.07) is 0. The van der Waals surface area contributed by atoms with Gasteiger partial charge in [-0.2, -0.15) is 0 Å². The van der Waals surface area contributed by atoms with Crippen molar-refractivity contribution in [1.82, 2.24) is 9.80 Å². The molecule has 7 nitrogen and oxygen atoms in total. The van der Waals surface area contributed by atoms with Crippen LogP contribution in [0.4, 0.5) is 9.18 Å². The highest BCUT2D eigenvalue weighted by Crippen LogP contribution is 2.44. The predicted molar refractivity (Wildman–Crippen MR) is 101 cm³/mol. The van der Waals surface area contributed by atoms with Gasteiger partial charge in [-0.15, -0.1) is 0 Å². The number of amides is 2. The van der Waals surface area contributed by atoms with Crippen LogP contribution in [0.2, 0.25) is 0 Å². The van der Waals surface area contributed by atoms with Crippen LogP contribution in [0.5, 0.6) is 0 Å². The average Bonchev–Trinajstić information content (AvgIpc) is 2.29. The van der Waals surface area contributed by atoms with Gasteiger partial charge in [0.25, 0.3) is 0 Å². The molecule has 8 heteroatoms. The molecule has 0 aromatic heterocycles. The number of alkyl halides is 1. The first-order valence-corrected chi connectivity index (χ1v) is 9.49. The Morgan fingerprint density at radius 2 is 1.41 bits per heavy atom. The van der Waals surface area contributed by atoms with Gasteiger partial charge in [0.1, 0.15) is 0 Å². The number of carbonyl (C=O) groups is 2. The number of hydrogen-bond acceptors (Lipinski definition) is 5. The van der Waals surface area contributed by atoms with Gasteiger partial charge in [-0.1, -0.05) is 0 Å². The number of likely N-dealkylation sites (tertiary alicyclic amines) is 2. The average molecular weight is 387 g/mol. The van der Waals surface area contributed by atoms with Gasteiger partial charge in [-0.05, 0) is 41.5 Å². The molecule has 156 valence electrons.